The van der Waals surface area contributed by atoms with E-state index < -0.39 is 11.5 Å². The van der Waals surface area contributed by atoms with Crippen LogP contribution in [-0.4, -0.2) is 35.0 Å². The number of ether oxygens (including phenoxy) is 1. The van der Waals surface area contributed by atoms with Crippen LogP contribution in [0.4, 0.5) is 0 Å². The Morgan fingerprint density at radius 3 is 2.05 bits per heavy atom. The highest BCUT2D eigenvalue weighted by molar-refractivity contribution is 5.87. The number of aliphatic carboxylic acids is 1. The molecule has 1 aromatic rings. The first-order chi connectivity index (χ1) is 9.25. The first kappa shape index (κ1) is 16.0. The summed E-state index contributed by atoms with van der Waals surface area (Å²) in [6.45, 7) is 6.52. The van der Waals surface area contributed by atoms with Crippen molar-refractivity contribution < 1.29 is 19.4 Å². The summed E-state index contributed by atoms with van der Waals surface area (Å²) in [7, 11) is 1.54. The molecule has 1 aromatic carbocycles. The number of hydrogen-bond donors (Lipinski definition) is 1. The van der Waals surface area contributed by atoms with Crippen LogP contribution in [0.5, 0.6) is 5.75 Å². The predicted octanol–water partition coefficient (Wildman–Crippen LogP) is 2.25. The second kappa shape index (κ2) is 5.94. The number of carbonyl (C=O) groups is 2. The van der Waals surface area contributed by atoms with Crippen LogP contribution in [0, 0.1) is 0 Å². The third-order valence-corrected chi connectivity index (χ3v) is 3.41. The molecule has 1 amide bonds. The molecule has 110 valence electrons. The van der Waals surface area contributed by atoms with E-state index in [1.54, 1.807) is 52.1 Å². The Morgan fingerprint density at radius 1 is 1.25 bits per heavy atom. The highest BCUT2D eigenvalue weighted by Gasteiger charge is 2.44. The quantitative estimate of drug-likeness (QED) is 0.897. The molecular weight excluding hydrogens is 258 g/mol. The van der Waals surface area contributed by atoms with Crippen LogP contribution in [0.2, 0.25) is 0 Å². The van der Waals surface area contributed by atoms with Gasteiger partial charge in [-0.1, -0.05) is 12.1 Å². The lowest BCUT2D eigenvalue weighted by Crippen LogP contribution is -2.55. The summed E-state index contributed by atoms with van der Waals surface area (Å²) < 4.78 is 5.07. The van der Waals surface area contributed by atoms with Crippen molar-refractivity contribution in [2.24, 2.45) is 0 Å². The van der Waals surface area contributed by atoms with Gasteiger partial charge in [0.1, 0.15) is 5.75 Å². The van der Waals surface area contributed by atoms with Gasteiger partial charge in [-0.2, -0.15) is 0 Å². The van der Waals surface area contributed by atoms with E-state index in [2.05, 4.69) is 0 Å². The zero-order valence-electron chi connectivity index (χ0n) is 12.5. The molecule has 0 aliphatic heterocycles. The number of amides is 1. The van der Waals surface area contributed by atoms with Gasteiger partial charge in [-0.15, -0.1) is 0 Å². The highest BCUT2D eigenvalue weighted by atomic mass is 16.5. The minimum atomic E-state index is -1.41. The molecule has 0 fully saturated rings. The largest absolute Gasteiger partial charge is 0.497 e. The number of carboxylic acid groups (broad SMARTS) is 1. The number of carboxylic acids is 1. The zero-order chi connectivity index (χ0) is 15.5. The van der Waals surface area contributed by atoms with Gasteiger partial charge in [-0.05, 0) is 38.5 Å². The van der Waals surface area contributed by atoms with Crippen LogP contribution in [0.25, 0.3) is 0 Å². The maximum Gasteiger partial charge on any atom is 0.334 e. The van der Waals surface area contributed by atoms with Gasteiger partial charge in [0.25, 0.3) is 0 Å². The summed E-state index contributed by atoms with van der Waals surface area (Å²) in [5.74, 6) is -0.701. The average molecular weight is 279 g/mol. The number of rotatable bonds is 5. The van der Waals surface area contributed by atoms with Crippen molar-refractivity contribution in [1.82, 2.24) is 4.90 Å². The van der Waals surface area contributed by atoms with E-state index in [-0.39, 0.29) is 11.9 Å². The van der Waals surface area contributed by atoms with Crippen LogP contribution >= 0.6 is 0 Å². The van der Waals surface area contributed by atoms with Gasteiger partial charge >= 0.3 is 5.97 Å². The van der Waals surface area contributed by atoms with Crippen molar-refractivity contribution >= 4 is 11.9 Å². The van der Waals surface area contributed by atoms with Gasteiger partial charge in [-0.25, -0.2) is 4.79 Å². The minimum Gasteiger partial charge on any atom is -0.497 e. The Morgan fingerprint density at radius 2 is 1.75 bits per heavy atom. The third kappa shape index (κ3) is 2.76. The van der Waals surface area contributed by atoms with E-state index in [1.165, 1.54) is 11.8 Å². The summed E-state index contributed by atoms with van der Waals surface area (Å²) >= 11 is 0. The van der Waals surface area contributed by atoms with Crippen molar-refractivity contribution in [2.75, 3.05) is 7.11 Å². The standard InChI is InChI=1S/C15H21NO4/c1-10(2)16(11(3)17)15(4,14(18)19)12-6-8-13(20-5)9-7-12/h6-10H,1-5H3,(H,18,19). The monoisotopic (exact) mass is 279 g/mol. The predicted molar refractivity (Wildman–Crippen MR) is 75.6 cm³/mol. The first-order valence-corrected chi connectivity index (χ1v) is 6.43. The highest BCUT2D eigenvalue weighted by Crippen LogP contribution is 2.32. The van der Waals surface area contributed by atoms with Crippen LogP contribution in [0.3, 0.4) is 0 Å². The van der Waals surface area contributed by atoms with Gasteiger partial charge in [0, 0.05) is 13.0 Å². The van der Waals surface area contributed by atoms with Gasteiger partial charge < -0.3 is 14.7 Å². The SMILES string of the molecule is COc1ccc(C(C)(C(=O)O)N(C(C)=O)C(C)C)cc1. The zero-order valence-corrected chi connectivity index (χ0v) is 12.5. The lowest BCUT2D eigenvalue weighted by molar-refractivity contribution is -0.160. The summed E-state index contributed by atoms with van der Waals surface area (Å²) in [5, 5.41) is 9.66. The Bertz CT molecular complexity index is 495. The molecule has 0 radical (unpaired) electrons. The Hall–Kier alpha value is -2.04. The molecular formula is C15H21NO4. The van der Waals surface area contributed by atoms with E-state index in [0.29, 0.717) is 11.3 Å². The smallest absolute Gasteiger partial charge is 0.334 e. The van der Waals surface area contributed by atoms with E-state index >= 15 is 0 Å². The summed E-state index contributed by atoms with van der Waals surface area (Å²) in [4.78, 5) is 25.0. The minimum absolute atomic E-state index is 0.226. The molecule has 0 saturated heterocycles. The molecule has 0 heterocycles. The van der Waals surface area contributed by atoms with Crippen LogP contribution in [-0.2, 0) is 15.1 Å². The second-order valence-corrected chi connectivity index (χ2v) is 5.09. The Labute approximate surface area is 119 Å². The molecule has 5 heteroatoms. The summed E-state index contributed by atoms with van der Waals surface area (Å²) in [6.07, 6.45) is 0. The average Bonchev–Trinajstić information content (AvgIpc) is 2.37. The molecule has 0 aliphatic rings. The first-order valence-electron chi connectivity index (χ1n) is 6.43. The van der Waals surface area contributed by atoms with Crippen LogP contribution in [0.1, 0.15) is 33.3 Å². The molecule has 1 atom stereocenters. The normalized spacial score (nSPS) is 13.7. The van der Waals surface area contributed by atoms with Crippen LogP contribution in [0.15, 0.2) is 24.3 Å². The Kier molecular flexibility index (Phi) is 4.76. The van der Waals surface area contributed by atoms with Crippen molar-refractivity contribution in [3.05, 3.63) is 29.8 Å². The van der Waals surface area contributed by atoms with Crippen molar-refractivity contribution in [3.8, 4) is 5.75 Å². The molecule has 20 heavy (non-hydrogen) atoms. The van der Waals surface area contributed by atoms with E-state index in [4.69, 9.17) is 4.74 Å². The second-order valence-electron chi connectivity index (χ2n) is 5.09. The lowest BCUT2D eigenvalue weighted by Gasteiger charge is -2.40. The lowest BCUT2D eigenvalue weighted by atomic mass is 9.88. The van der Waals surface area contributed by atoms with E-state index in [9.17, 15) is 14.7 Å². The fourth-order valence-corrected chi connectivity index (χ4v) is 2.48. The molecule has 0 bridgehead atoms. The number of hydrogen-bond acceptors (Lipinski definition) is 3. The van der Waals surface area contributed by atoms with E-state index in [1.807, 2.05) is 0 Å². The maximum absolute atomic E-state index is 11.9. The Balaban J connectivity index is 3.39. The number of methoxy groups -OCH3 is 1. The van der Waals surface area contributed by atoms with Crippen molar-refractivity contribution in [1.29, 1.82) is 0 Å². The van der Waals surface area contributed by atoms with Gasteiger partial charge in [0.15, 0.2) is 5.54 Å². The molecule has 1 unspecified atom stereocenters. The summed E-state index contributed by atoms with van der Waals surface area (Å²) in [6, 6.07) is 6.50. The number of nitrogens with zero attached hydrogens (tertiary/aromatic N) is 1. The molecule has 0 aromatic heterocycles. The molecule has 5 nitrogen and oxygen atoms in total. The van der Waals surface area contributed by atoms with Crippen molar-refractivity contribution in [3.63, 3.8) is 0 Å². The maximum atomic E-state index is 11.9. The van der Waals surface area contributed by atoms with Gasteiger partial charge in [0.2, 0.25) is 5.91 Å². The summed E-state index contributed by atoms with van der Waals surface area (Å²) in [5.41, 5.74) is -0.874. The number of benzene rings is 1. The fraction of sp³-hybridized carbons (Fsp3) is 0.467. The van der Waals surface area contributed by atoms with Crippen molar-refractivity contribution in [2.45, 2.75) is 39.3 Å². The topological polar surface area (TPSA) is 66.8 Å². The molecule has 0 aliphatic carbocycles. The van der Waals surface area contributed by atoms with Gasteiger partial charge in [0.05, 0.1) is 7.11 Å². The van der Waals surface area contributed by atoms with Gasteiger partial charge in [-0.3, -0.25) is 4.79 Å². The van der Waals surface area contributed by atoms with E-state index in [0.717, 1.165) is 0 Å². The molecule has 1 N–H and O–H groups in total. The third-order valence-electron chi connectivity index (χ3n) is 3.41. The molecule has 1 rings (SSSR count). The van der Waals surface area contributed by atoms with Crippen LogP contribution < -0.4 is 4.74 Å². The molecule has 0 saturated carbocycles. The fourth-order valence-electron chi connectivity index (χ4n) is 2.48. The number of carbonyl (C=O) groups excluding carboxylic acids is 1. The molecule has 0 spiro atoms.